The largest absolute Gasteiger partial charge is 0.327 e. The van der Waals surface area contributed by atoms with Gasteiger partial charge in [0.2, 0.25) is 0 Å². The molecule has 0 aromatic heterocycles. The van der Waals surface area contributed by atoms with E-state index in [1.54, 1.807) is 0 Å². The molecule has 0 aliphatic carbocycles. The van der Waals surface area contributed by atoms with Gasteiger partial charge in [-0.3, -0.25) is 4.90 Å². The predicted molar refractivity (Wildman–Crippen MR) is 53.8 cm³/mol. The van der Waals surface area contributed by atoms with Gasteiger partial charge in [-0.15, -0.1) is 6.42 Å². The molecule has 2 nitrogen and oxygen atoms in total. The lowest BCUT2D eigenvalue weighted by Gasteiger charge is -2.22. The second-order valence-corrected chi connectivity index (χ2v) is 3.11. The molecule has 1 atom stereocenters. The number of terminal acetylenes is 1. The van der Waals surface area contributed by atoms with E-state index in [2.05, 4.69) is 24.7 Å². The van der Waals surface area contributed by atoms with E-state index in [-0.39, 0.29) is 6.04 Å². The zero-order valence-electron chi connectivity index (χ0n) is 8.21. The molecule has 0 aliphatic rings. The fourth-order valence-electron chi connectivity index (χ4n) is 1.14. The molecular formula is C10H20N2. The minimum Gasteiger partial charge on any atom is -0.327 e. The standard InChI is InChI=1S/C10H20N2/c1-4-7-12(8-5-2)9-10(11)6-3/h1,10H,5-9,11H2,2-3H3. The third-order valence-electron chi connectivity index (χ3n) is 1.87. The highest BCUT2D eigenvalue weighted by Crippen LogP contribution is 1.95. The summed E-state index contributed by atoms with van der Waals surface area (Å²) < 4.78 is 0. The molecule has 0 aliphatic heterocycles. The van der Waals surface area contributed by atoms with E-state index >= 15 is 0 Å². The Morgan fingerprint density at radius 2 is 2.17 bits per heavy atom. The van der Waals surface area contributed by atoms with Gasteiger partial charge in [-0.25, -0.2) is 0 Å². The first-order chi connectivity index (χ1) is 5.74. The third-order valence-corrected chi connectivity index (χ3v) is 1.87. The van der Waals surface area contributed by atoms with Gasteiger partial charge >= 0.3 is 0 Å². The molecule has 12 heavy (non-hydrogen) atoms. The minimum absolute atomic E-state index is 0.268. The van der Waals surface area contributed by atoms with E-state index in [0.29, 0.717) is 0 Å². The summed E-state index contributed by atoms with van der Waals surface area (Å²) in [5.74, 6) is 2.65. The SMILES string of the molecule is C#CCN(CCC)CC(N)CC. The van der Waals surface area contributed by atoms with Crippen molar-refractivity contribution < 1.29 is 0 Å². The molecule has 0 radical (unpaired) electrons. The van der Waals surface area contributed by atoms with E-state index < -0.39 is 0 Å². The zero-order chi connectivity index (χ0) is 9.40. The van der Waals surface area contributed by atoms with Crippen LogP contribution in [0, 0.1) is 12.3 Å². The molecule has 1 unspecified atom stereocenters. The van der Waals surface area contributed by atoms with Crippen LogP contribution in [0.5, 0.6) is 0 Å². The number of nitrogens with zero attached hydrogens (tertiary/aromatic N) is 1. The Labute approximate surface area is 76.1 Å². The topological polar surface area (TPSA) is 29.3 Å². The average Bonchev–Trinajstić information content (AvgIpc) is 2.05. The molecule has 2 N–H and O–H groups in total. The molecule has 2 heteroatoms. The Morgan fingerprint density at radius 3 is 2.58 bits per heavy atom. The summed E-state index contributed by atoms with van der Waals surface area (Å²) >= 11 is 0. The Morgan fingerprint density at radius 1 is 1.50 bits per heavy atom. The first kappa shape index (κ1) is 11.5. The number of nitrogens with two attached hydrogens (primary N) is 1. The van der Waals surface area contributed by atoms with Crippen LogP contribution in [-0.2, 0) is 0 Å². The van der Waals surface area contributed by atoms with Gasteiger partial charge in [0.05, 0.1) is 6.54 Å². The second-order valence-electron chi connectivity index (χ2n) is 3.11. The highest BCUT2D eigenvalue weighted by molar-refractivity contribution is 4.88. The summed E-state index contributed by atoms with van der Waals surface area (Å²) in [5.41, 5.74) is 5.82. The first-order valence-electron chi connectivity index (χ1n) is 4.65. The highest BCUT2D eigenvalue weighted by Gasteiger charge is 2.06. The van der Waals surface area contributed by atoms with Gasteiger partial charge in [0, 0.05) is 12.6 Å². The third kappa shape index (κ3) is 5.17. The Kier molecular flexibility index (Phi) is 6.84. The maximum atomic E-state index is 5.82. The van der Waals surface area contributed by atoms with Crippen molar-refractivity contribution in [3.05, 3.63) is 0 Å². The molecule has 0 aromatic carbocycles. The molecule has 0 saturated carbocycles. The number of rotatable bonds is 6. The average molecular weight is 168 g/mol. The van der Waals surface area contributed by atoms with Crippen molar-refractivity contribution in [1.82, 2.24) is 4.90 Å². The van der Waals surface area contributed by atoms with Crippen LogP contribution in [0.2, 0.25) is 0 Å². The van der Waals surface area contributed by atoms with E-state index in [1.165, 1.54) is 0 Å². The Hall–Kier alpha value is -0.520. The minimum atomic E-state index is 0.268. The summed E-state index contributed by atoms with van der Waals surface area (Å²) in [5, 5.41) is 0. The summed E-state index contributed by atoms with van der Waals surface area (Å²) in [7, 11) is 0. The van der Waals surface area contributed by atoms with Gasteiger partial charge in [0.25, 0.3) is 0 Å². The highest BCUT2D eigenvalue weighted by atomic mass is 15.1. The number of hydrogen-bond donors (Lipinski definition) is 1. The molecule has 0 saturated heterocycles. The van der Waals surface area contributed by atoms with Crippen molar-refractivity contribution in [3.8, 4) is 12.3 Å². The van der Waals surface area contributed by atoms with E-state index in [1.807, 2.05) is 0 Å². The lowest BCUT2D eigenvalue weighted by atomic mass is 10.2. The van der Waals surface area contributed by atoms with Crippen LogP contribution in [0.1, 0.15) is 26.7 Å². The van der Waals surface area contributed by atoms with Crippen LogP contribution < -0.4 is 5.73 Å². The van der Waals surface area contributed by atoms with Gasteiger partial charge < -0.3 is 5.73 Å². The van der Waals surface area contributed by atoms with E-state index in [0.717, 1.165) is 32.5 Å². The molecule has 0 spiro atoms. The van der Waals surface area contributed by atoms with Crippen LogP contribution in [0.3, 0.4) is 0 Å². The van der Waals surface area contributed by atoms with Crippen LogP contribution >= 0.6 is 0 Å². The van der Waals surface area contributed by atoms with Gasteiger partial charge in [0.1, 0.15) is 0 Å². The molecule has 0 heterocycles. The summed E-state index contributed by atoms with van der Waals surface area (Å²) in [6.45, 7) is 6.96. The fraction of sp³-hybridized carbons (Fsp3) is 0.800. The molecule has 70 valence electrons. The Bertz CT molecular complexity index is 137. The second kappa shape index (κ2) is 7.15. The van der Waals surface area contributed by atoms with Crippen LogP contribution in [0.4, 0.5) is 0 Å². The van der Waals surface area contributed by atoms with Crippen LogP contribution in [-0.4, -0.2) is 30.6 Å². The Balaban J connectivity index is 3.70. The van der Waals surface area contributed by atoms with Crippen molar-refractivity contribution in [3.63, 3.8) is 0 Å². The lowest BCUT2D eigenvalue weighted by Crippen LogP contribution is -2.37. The van der Waals surface area contributed by atoms with Crippen molar-refractivity contribution in [2.45, 2.75) is 32.7 Å². The summed E-state index contributed by atoms with van der Waals surface area (Å²) in [4.78, 5) is 2.23. The first-order valence-corrected chi connectivity index (χ1v) is 4.65. The van der Waals surface area contributed by atoms with Crippen LogP contribution in [0.25, 0.3) is 0 Å². The van der Waals surface area contributed by atoms with Gasteiger partial charge in [-0.2, -0.15) is 0 Å². The normalized spacial score (nSPS) is 12.9. The van der Waals surface area contributed by atoms with E-state index in [9.17, 15) is 0 Å². The van der Waals surface area contributed by atoms with Crippen molar-refractivity contribution in [2.75, 3.05) is 19.6 Å². The van der Waals surface area contributed by atoms with Gasteiger partial charge in [-0.05, 0) is 19.4 Å². The fourth-order valence-corrected chi connectivity index (χ4v) is 1.14. The lowest BCUT2D eigenvalue weighted by molar-refractivity contribution is 0.284. The number of hydrogen-bond acceptors (Lipinski definition) is 2. The van der Waals surface area contributed by atoms with Crippen LogP contribution in [0.15, 0.2) is 0 Å². The molecule has 0 amide bonds. The molecule has 0 aromatic rings. The summed E-state index contributed by atoms with van der Waals surface area (Å²) in [6.07, 6.45) is 7.40. The monoisotopic (exact) mass is 168 g/mol. The molecule has 0 bridgehead atoms. The molecule has 0 rings (SSSR count). The summed E-state index contributed by atoms with van der Waals surface area (Å²) in [6, 6.07) is 0.268. The quantitative estimate of drug-likeness (QED) is 0.601. The predicted octanol–water partition coefficient (Wildman–Crippen LogP) is 1.07. The molecule has 0 fully saturated rings. The van der Waals surface area contributed by atoms with Crippen molar-refractivity contribution in [1.29, 1.82) is 0 Å². The van der Waals surface area contributed by atoms with Gasteiger partial charge in [0.15, 0.2) is 0 Å². The van der Waals surface area contributed by atoms with Crippen molar-refractivity contribution in [2.24, 2.45) is 5.73 Å². The molecular weight excluding hydrogens is 148 g/mol. The van der Waals surface area contributed by atoms with Gasteiger partial charge in [-0.1, -0.05) is 19.8 Å². The maximum Gasteiger partial charge on any atom is 0.0599 e. The zero-order valence-corrected chi connectivity index (χ0v) is 8.21. The van der Waals surface area contributed by atoms with Crippen molar-refractivity contribution >= 4 is 0 Å². The van der Waals surface area contributed by atoms with E-state index in [4.69, 9.17) is 12.2 Å². The smallest absolute Gasteiger partial charge is 0.0599 e. The maximum absolute atomic E-state index is 5.82.